The van der Waals surface area contributed by atoms with Crippen LogP contribution in [0.3, 0.4) is 0 Å². The molecule has 0 atom stereocenters. The number of aromatic nitrogens is 1. The summed E-state index contributed by atoms with van der Waals surface area (Å²) in [5.74, 6) is -1.12. The number of nitrogens with zero attached hydrogens (tertiary/aromatic N) is 1. The highest BCUT2D eigenvalue weighted by molar-refractivity contribution is 7.09. The van der Waals surface area contributed by atoms with Gasteiger partial charge in [-0.3, -0.25) is 9.78 Å². The standard InChI is InChI=1S/C13H12N2O4S/c16-12(15-7-11-2-1-3-20-11)8-19-10-4-9(13(17)18)5-14-6-10/h1-6H,7-8H2,(H,15,16)(H,17,18). The third-order valence-corrected chi connectivity index (χ3v) is 3.25. The van der Waals surface area contributed by atoms with Crippen LogP contribution < -0.4 is 10.1 Å². The van der Waals surface area contributed by atoms with E-state index in [0.717, 1.165) is 4.88 Å². The molecule has 0 fully saturated rings. The quantitative estimate of drug-likeness (QED) is 0.843. The zero-order chi connectivity index (χ0) is 14.4. The Morgan fingerprint density at radius 3 is 2.95 bits per heavy atom. The van der Waals surface area contributed by atoms with Crippen molar-refractivity contribution in [1.29, 1.82) is 0 Å². The minimum Gasteiger partial charge on any atom is -0.482 e. The molecule has 2 N–H and O–H groups in total. The van der Waals surface area contributed by atoms with Crippen LogP contribution in [0.5, 0.6) is 5.75 Å². The van der Waals surface area contributed by atoms with Crippen molar-refractivity contribution >= 4 is 23.2 Å². The van der Waals surface area contributed by atoms with E-state index in [1.807, 2.05) is 17.5 Å². The number of hydrogen-bond acceptors (Lipinski definition) is 5. The number of carboxylic acid groups (broad SMARTS) is 1. The molecule has 104 valence electrons. The molecule has 2 rings (SSSR count). The molecule has 20 heavy (non-hydrogen) atoms. The van der Waals surface area contributed by atoms with Gasteiger partial charge in [0.1, 0.15) is 5.75 Å². The first-order valence-electron chi connectivity index (χ1n) is 5.75. The molecule has 0 aliphatic heterocycles. The van der Waals surface area contributed by atoms with Gasteiger partial charge in [-0.15, -0.1) is 11.3 Å². The van der Waals surface area contributed by atoms with E-state index in [-0.39, 0.29) is 23.8 Å². The summed E-state index contributed by atoms with van der Waals surface area (Å²) in [6, 6.07) is 5.15. The Balaban J connectivity index is 1.81. The highest BCUT2D eigenvalue weighted by Crippen LogP contribution is 2.11. The maximum atomic E-state index is 11.6. The van der Waals surface area contributed by atoms with E-state index in [9.17, 15) is 9.59 Å². The average Bonchev–Trinajstić information content (AvgIpc) is 2.96. The first kappa shape index (κ1) is 14.0. The van der Waals surface area contributed by atoms with Crippen LogP contribution in [0.4, 0.5) is 0 Å². The largest absolute Gasteiger partial charge is 0.482 e. The van der Waals surface area contributed by atoms with Gasteiger partial charge < -0.3 is 15.2 Å². The van der Waals surface area contributed by atoms with Gasteiger partial charge in [-0.25, -0.2) is 4.79 Å². The second kappa shape index (κ2) is 6.67. The fourth-order valence-electron chi connectivity index (χ4n) is 1.41. The lowest BCUT2D eigenvalue weighted by Gasteiger charge is -2.06. The van der Waals surface area contributed by atoms with E-state index < -0.39 is 5.97 Å². The number of hydrogen-bond donors (Lipinski definition) is 2. The van der Waals surface area contributed by atoms with Gasteiger partial charge in [0.25, 0.3) is 5.91 Å². The number of carboxylic acids is 1. The van der Waals surface area contributed by atoms with Crippen molar-refractivity contribution in [1.82, 2.24) is 10.3 Å². The number of nitrogens with one attached hydrogen (secondary N) is 1. The van der Waals surface area contributed by atoms with Gasteiger partial charge in [0.15, 0.2) is 6.61 Å². The molecular weight excluding hydrogens is 280 g/mol. The minimum atomic E-state index is -1.09. The topological polar surface area (TPSA) is 88.5 Å². The van der Waals surface area contributed by atoms with E-state index in [2.05, 4.69) is 10.3 Å². The Bertz CT molecular complexity index is 598. The molecular formula is C13H12N2O4S. The molecule has 0 saturated carbocycles. The fourth-order valence-corrected chi connectivity index (χ4v) is 2.06. The third-order valence-electron chi connectivity index (χ3n) is 2.37. The molecule has 0 unspecified atom stereocenters. The molecule has 0 aliphatic rings. The van der Waals surface area contributed by atoms with Crippen molar-refractivity contribution in [3.63, 3.8) is 0 Å². The second-order valence-corrected chi connectivity index (χ2v) is 4.89. The summed E-state index contributed by atoms with van der Waals surface area (Å²) in [6.45, 7) is 0.267. The molecule has 6 nitrogen and oxygen atoms in total. The number of pyridine rings is 1. The second-order valence-electron chi connectivity index (χ2n) is 3.86. The van der Waals surface area contributed by atoms with E-state index in [1.165, 1.54) is 18.5 Å². The first-order valence-corrected chi connectivity index (χ1v) is 6.63. The Hall–Kier alpha value is -2.41. The van der Waals surface area contributed by atoms with Crippen LogP contribution in [0.2, 0.25) is 0 Å². The van der Waals surface area contributed by atoms with Gasteiger partial charge in [-0.2, -0.15) is 0 Å². The van der Waals surface area contributed by atoms with Crippen molar-refractivity contribution in [3.05, 3.63) is 46.4 Å². The summed E-state index contributed by atoms with van der Waals surface area (Å²) in [5, 5.41) is 13.4. The van der Waals surface area contributed by atoms with Gasteiger partial charge >= 0.3 is 5.97 Å². The summed E-state index contributed by atoms with van der Waals surface area (Å²) in [6.07, 6.45) is 2.57. The summed E-state index contributed by atoms with van der Waals surface area (Å²) in [4.78, 5) is 27.1. The van der Waals surface area contributed by atoms with Crippen molar-refractivity contribution in [2.75, 3.05) is 6.61 Å². The normalized spacial score (nSPS) is 10.0. The highest BCUT2D eigenvalue weighted by atomic mass is 32.1. The Labute approximate surface area is 119 Å². The Morgan fingerprint density at radius 1 is 1.40 bits per heavy atom. The molecule has 0 radical (unpaired) electrons. The molecule has 0 bridgehead atoms. The molecule has 0 aromatic carbocycles. The average molecular weight is 292 g/mol. The SMILES string of the molecule is O=C(COc1cncc(C(=O)O)c1)NCc1cccs1. The molecule has 0 saturated heterocycles. The molecule has 7 heteroatoms. The number of rotatable bonds is 6. The lowest BCUT2D eigenvalue weighted by molar-refractivity contribution is -0.123. The van der Waals surface area contributed by atoms with E-state index in [4.69, 9.17) is 9.84 Å². The summed E-state index contributed by atoms with van der Waals surface area (Å²) in [5.41, 5.74) is 0.0153. The van der Waals surface area contributed by atoms with Crippen LogP contribution in [0.15, 0.2) is 36.0 Å². The van der Waals surface area contributed by atoms with Crippen molar-refractivity contribution in [2.24, 2.45) is 0 Å². The Kier molecular flexibility index (Phi) is 4.67. The zero-order valence-electron chi connectivity index (χ0n) is 10.4. The third kappa shape index (κ3) is 4.06. The number of thiophene rings is 1. The number of amides is 1. The number of carbonyl (C=O) groups is 2. The van der Waals surface area contributed by atoms with Crippen LogP contribution >= 0.6 is 11.3 Å². The van der Waals surface area contributed by atoms with Gasteiger partial charge in [0.05, 0.1) is 18.3 Å². The van der Waals surface area contributed by atoms with Crippen molar-refractivity contribution in [2.45, 2.75) is 6.54 Å². The Morgan fingerprint density at radius 2 is 2.25 bits per heavy atom. The molecule has 0 aliphatic carbocycles. The summed E-state index contributed by atoms with van der Waals surface area (Å²) in [7, 11) is 0. The van der Waals surface area contributed by atoms with Crippen LogP contribution in [0.25, 0.3) is 0 Å². The summed E-state index contributed by atoms with van der Waals surface area (Å²) < 4.78 is 5.19. The molecule has 2 aromatic rings. The van der Waals surface area contributed by atoms with E-state index in [1.54, 1.807) is 11.3 Å². The van der Waals surface area contributed by atoms with Crippen LogP contribution in [-0.4, -0.2) is 28.6 Å². The highest BCUT2D eigenvalue weighted by Gasteiger charge is 2.07. The summed E-state index contributed by atoms with van der Waals surface area (Å²) >= 11 is 1.55. The van der Waals surface area contributed by atoms with E-state index >= 15 is 0 Å². The smallest absolute Gasteiger partial charge is 0.337 e. The van der Waals surface area contributed by atoms with Crippen LogP contribution in [-0.2, 0) is 11.3 Å². The molecule has 2 aromatic heterocycles. The molecule has 2 heterocycles. The van der Waals surface area contributed by atoms with Gasteiger partial charge in [0.2, 0.25) is 0 Å². The number of ether oxygens (including phenoxy) is 1. The lowest BCUT2D eigenvalue weighted by atomic mass is 10.3. The number of carbonyl (C=O) groups excluding carboxylic acids is 1. The van der Waals surface area contributed by atoms with Crippen LogP contribution in [0, 0.1) is 0 Å². The number of aromatic carboxylic acids is 1. The predicted molar refractivity (Wildman–Crippen MR) is 72.9 cm³/mol. The fraction of sp³-hybridized carbons (Fsp3) is 0.154. The maximum Gasteiger partial charge on any atom is 0.337 e. The lowest BCUT2D eigenvalue weighted by Crippen LogP contribution is -2.28. The van der Waals surface area contributed by atoms with Gasteiger partial charge in [0, 0.05) is 11.1 Å². The van der Waals surface area contributed by atoms with E-state index in [0.29, 0.717) is 6.54 Å². The monoisotopic (exact) mass is 292 g/mol. The van der Waals surface area contributed by atoms with Crippen molar-refractivity contribution < 1.29 is 19.4 Å². The van der Waals surface area contributed by atoms with Gasteiger partial charge in [-0.1, -0.05) is 6.07 Å². The minimum absolute atomic E-state index is 0.0153. The van der Waals surface area contributed by atoms with Crippen molar-refractivity contribution in [3.8, 4) is 5.75 Å². The molecule has 0 spiro atoms. The predicted octanol–water partition coefficient (Wildman–Crippen LogP) is 1.54. The zero-order valence-corrected chi connectivity index (χ0v) is 11.2. The molecule has 1 amide bonds. The maximum absolute atomic E-state index is 11.6. The van der Waals surface area contributed by atoms with Gasteiger partial charge in [-0.05, 0) is 17.5 Å². The first-order chi connectivity index (χ1) is 9.65. The van der Waals surface area contributed by atoms with Crippen LogP contribution in [0.1, 0.15) is 15.2 Å².